The first-order chi connectivity index (χ1) is 13.5. The molecule has 1 fully saturated rings. The van der Waals surface area contributed by atoms with E-state index in [2.05, 4.69) is 74.5 Å². The lowest BCUT2D eigenvalue weighted by Crippen LogP contribution is -2.35. The van der Waals surface area contributed by atoms with Crippen LogP contribution in [-0.4, -0.2) is 18.0 Å². The third-order valence-electron chi connectivity index (χ3n) is 6.30. The van der Waals surface area contributed by atoms with Crippen LogP contribution in [0.5, 0.6) is 0 Å². The molecule has 0 spiro atoms. The van der Waals surface area contributed by atoms with E-state index in [1.54, 1.807) is 0 Å². The van der Waals surface area contributed by atoms with Crippen LogP contribution in [0.25, 0.3) is 0 Å². The summed E-state index contributed by atoms with van der Waals surface area (Å²) in [6.45, 7) is 18.8. The molecule has 0 radical (unpaired) electrons. The first kappa shape index (κ1) is 20.7. The molecule has 2 heterocycles. The van der Waals surface area contributed by atoms with Crippen molar-refractivity contribution in [3.63, 3.8) is 0 Å². The van der Waals surface area contributed by atoms with Gasteiger partial charge in [-0.3, -0.25) is 4.90 Å². The van der Waals surface area contributed by atoms with Gasteiger partial charge in [0.1, 0.15) is 0 Å². The van der Waals surface area contributed by atoms with E-state index in [0.717, 1.165) is 25.8 Å². The molecule has 0 bridgehead atoms. The number of likely N-dealkylation sites (tertiary alicyclic amines) is 1. The van der Waals surface area contributed by atoms with Gasteiger partial charge in [0, 0.05) is 30.9 Å². The summed E-state index contributed by atoms with van der Waals surface area (Å²) in [5, 5.41) is 3.58. The molecule has 2 aliphatic rings. The zero-order valence-electron chi connectivity index (χ0n) is 18.0. The Bertz CT molecular complexity index is 782. The summed E-state index contributed by atoms with van der Waals surface area (Å²) in [5.74, 6) is 0.704. The summed E-state index contributed by atoms with van der Waals surface area (Å²) >= 11 is 0. The number of nitrogens with zero attached hydrogens (tertiary/aromatic N) is 1. The fraction of sp³-hybridized carbons (Fsp3) is 0.462. The van der Waals surface area contributed by atoms with Gasteiger partial charge in [0.25, 0.3) is 0 Å². The lowest BCUT2D eigenvalue weighted by Gasteiger charge is -2.34. The second-order valence-corrected chi connectivity index (χ2v) is 8.50. The molecule has 2 nitrogen and oxygen atoms in total. The number of piperidine rings is 1. The minimum Gasteiger partial charge on any atom is -0.362 e. The van der Waals surface area contributed by atoms with Crippen LogP contribution < -0.4 is 5.32 Å². The summed E-state index contributed by atoms with van der Waals surface area (Å²) in [6.07, 6.45) is 5.69. The minimum atomic E-state index is 0.704. The van der Waals surface area contributed by atoms with Crippen LogP contribution in [0.3, 0.4) is 0 Å². The maximum atomic E-state index is 4.51. The van der Waals surface area contributed by atoms with Crippen LogP contribution >= 0.6 is 0 Å². The average molecular weight is 377 g/mol. The van der Waals surface area contributed by atoms with Gasteiger partial charge in [0.05, 0.1) is 0 Å². The van der Waals surface area contributed by atoms with Gasteiger partial charge in [0.2, 0.25) is 0 Å². The highest BCUT2D eigenvalue weighted by Crippen LogP contribution is 2.35. The number of nitrogens with one attached hydrogen (secondary N) is 1. The molecule has 1 aromatic rings. The van der Waals surface area contributed by atoms with Crippen molar-refractivity contribution in [3.8, 4) is 0 Å². The second-order valence-electron chi connectivity index (χ2n) is 8.50. The molecule has 28 heavy (non-hydrogen) atoms. The number of hydrogen-bond donors (Lipinski definition) is 1. The Balaban J connectivity index is 1.60. The molecule has 150 valence electrons. The molecule has 0 amide bonds. The highest BCUT2D eigenvalue weighted by Gasteiger charge is 2.24. The standard InChI is InChI=1S/C26H36N2/c1-6-19(2)25-16-26(22(5)27-21(25)4)20(3)15-24-13-10-14-28(18-24)17-23-11-8-7-9-12-23/h7-9,11-12,24,27H,2-3,6,10,13-18H2,1,4-5H3. The zero-order valence-corrected chi connectivity index (χ0v) is 18.0. The summed E-state index contributed by atoms with van der Waals surface area (Å²) in [7, 11) is 0. The molecule has 1 aromatic carbocycles. The van der Waals surface area contributed by atoms with Crippen LogP contribution in [-0.2, 0) is 6.54 Å². The van der Waals surface area contributed by atoms with Crippen molar-refractivity contribution >= 4 is 0 Å². The van der Waals surface area contributed by atoms with Gasteiger partial charge in [-0.2, -0.15) is 0 Å². The Labute approximate surface area is 171 Å². The summed E-state index contributed by atoms with van der Waals surface area (Å²) in [6, 6.07) is 10.9. The van der Waals surface area contributed by atoms with Crippen molar-refractivity contribution < 1.29 is 0 Å². The van der Waals surface area contributed by atoms with Crippen LogP contribution in [0.15, 0.2) is 77.2 Å². The molecule has 1 atom stereocenters. The molecule has 1 unspecified atom stereocenters. The Morgan fingerprint density at radius 3 is 2.43 bits per heavy atom. The monoisotopic (exact) mass is 376 g/mol. The Morgan fingerprint density at radius 2 is 1.75 bits per heavy atom. The van der Waals surface area contributed by atoms with Gasteiger partial charge in [0.15, 0.2) is 0 Å². The molecule has 3 rings (SSSR count). The highest BCUT2D eigenvalue weighted by molar-refractivity contribution is 5.47. The number of benzene rings is 1. The molecule has 1 saturated heterocycles. The first-order valence-electron chi connectivity index (χ1n) is 10.8. The fourth-order valence-corrected chi connectivity index (χ4v) is 4.64. The SMILES string of the molecule is C=C(CC)C1=C(C)NC(C)=C(C(=C)CC2CCCN(Cc3ccccc3)C2)C1. The molecular formula is C26H36N2. The predicted molar refractivity (Wildman–Crippen MR) is 121 cm³/mol. The van der Waals surface area contributed by atoms with E-state index >= 15 is 0 Å². The van der Waals surface area contributed by atoms with Crippen molar-refractivity contribution in [2.75, 3.05) is 13.1 Å². The first-order valence-corrected chi connectivity index (χ1v) is 10.8. The van der Waals surface area contributed by atoms with Gasteiger partial charge in [-0.1, -0.05) is 56.0 Å². The normalized spacial score (nSPS) is 20.9. The molecule has 0 saturated carbocycles. The molecular weight excluding hydrogens is 340 g/mol. The van der Waals surface area contributed by atoms with E-state index in [4.69, 9.17) is 0 Å². The van der Waals surface area contributed by atoms with E-state index < -0.39 is 0 Å². The van der Waals surface area contributed by atoms with Crippen LogP contribution in [0.2, 0.25) is 0 Å². The number of rotatable bonds is 7. The third-order valence-corrected chi connectivity index (χ3v) is 6.30. The van der Waals surface area contributed by atoms with Crippen molar-refractivity contribution in [2.24, 2.45) is 5.92 Å². The van der Waals surface area contributed by atoms with Gasteiger partial charge in [-0.15, -0.1) is 0 Å². The lowest BCUT2D eigenvalue weighted by atomic mass is 9.83. The summed E-state index contributed by atoms with van der Waals surface area (Å²) in [4.78, 5) is 2.62. The van der Waals surface area contributed by atoms with Crippen LogP contribution in [0.1, 0.15) is 58.4 Å². The van der Waals surface area contributed by atoms with E-state index in [9.17, 15) is 0 Å². The Morgan fingerprint density at radius 1 is 1.07 bits per heavy atom. The quantitative estimate of drug-likeness (QED) is 0.596. The lowest BCUT2D eigenvalue weighted by molar-refractivity contribution is 0.167. The molecule has 2 heteroatoms. The van der Waals surface area contributed by atoms with Crippen molar-refractivity contribution in [1.82, 2.24) is 10.2 Å². The van der Waals surface area contributed by atoms with Crippen molar-refractivity contribution in [3.05, 3.63) is 82.7 Å². The summed E-state index contributed by atoms with van der Waals surface area (Å²) < 4.78 is 0. The third kappa shape index (κ3) is 5.05. The zero-order chi connectivity index (χ0) is 20.1. The maximum absolute atomic E-state index is 4.51. The maximum Gasteiger partial charge on any atom is 0.0233 e. The fourth-order valence-electron chi connectivity index (χ4n) is 4.64. The van der Waals surface area contributed by atoms with Gasteiger partial charge >= 0.3 is 0 Å². The van der Waals surface area contributed by atoms with E-state index in [0.29, 0.717) is 5.92 Å². The van der Waals surface area contributed by atoms with E-state index in [-0.39, 0.29) is 0 Å². The highest BCUT2D eigenvalue weighted by atomic mass is 15.1. The van der Waals surface area contributed by atoms with Crippen molar-refractivity contribution in [2.45, 2.75) is 59.4 Å². The van der Waals surface area contributed by atoms with Gasteiger partial charge in [-0.25, -0.2) is 0 Å². The molecule has 2 aliphatic heterocycles. The van der Waals surface area contributed by atoms with E-state index in [1.165, 1.54) is 65.2 Å². The Hall–Kier alpha value is -2.06. The smallest absolute Gasteiger partial charge is 0.0233 e. The molecule has 1 N–H and O–H groups in total. The predicted octanol–water partition coefficient (Wildman–Crippen LogP) is 6.35. The molecule has 0 aromatic heterocycles. The molecule has 0 aliphatic carbocycles. The largest absolute Gasteiger partial charge is 0.362 e. The Kier molecular flexibility index (Phi) is 6.96. The topological polar surface area (TPSA) is 15.3 Å². The van der Waals surface area contributed by atoms with Crippen LogP contribution in [0.4, 0.5) is 0 Å². The van der Waals surface area contributed by atoms with E-state index in [1.807, 2.05) is 0 Å². The van der Waals surface area contributed by atoms with Crippen LogP contribution in [0, 0.1) is 5.92 Å². The van der Waals surface area contributed by atoms with Gasteiger partial charge < -0.3 is 5.32 Å². The average Bonchev–Trinajstić information content (AvgIpc) is 2.68. The number of hydrogen-bond acceptors (Lipinski definition) is 2. The van der Waals surface area contributed by atoms with Crippen molar-refractivity contribution in [1.29, 1.82) is 0 Å². The number of dihydropyridines is 1. The van der Waals surface area contributed by atoms with Gasteiger partial charge in [-0.05, 0) is 74.3 Å². The minimum absolute atomic E-state index is 0.704. The summed E-state index contributed by atoms with van der Waals surface area (Å²) in [5.41, 5.74) is 9.27. The number of allylic oxidation sites excluding steroid dienone is 6. The second kappa shape index (κ2) is 9.43.